The lowest BCUT2D eigenvalue weighted by Crippen LogP contribution is -2.43. The molecule has 2 heterocycles. The van der Waals surface area contributed by atoms with Gasteiger partial charge in [0.15, 0.2) is 0 Å². The second-order valence-corrected chi connectivity index (χ2v) is 5.10. The Hall–Kier alpha value is -1.62. The summed E-state index contributed by atoms with van der Waals surface area (Å²) in [6.45, 7) is 4.00. The maximum absolute atomic E-state index is 12.1. The van der Waals surface area contributed by atoms with E-state index in [9.17, 15) is 9.59 Å². The minimum Gasteiger partial charge on any atom is -0.465 e. The van der Waals surface area contributed by atoms with E-state index in [1.807, 2.05) is 31.0 Å². The number of hydrogen-bond acceptors (Lipinski definition) is 4. The van der Waals surface area contributed by atoms with Crippen molar-refractivity contribution in [3.63, 3.8) is 0 Å². The molecule has 5 heteroatoms. The van der Waals surface area contributed by atoms with Gasteiger partial charge in [-0.15, -0.1) is 0 Å². The Morgan fingerprint density at radius 1 is 1.37 bits per heavy atom. The van der Waals surface area contributed by atoms with Crippen LogP contribution in [-0.4, -0.2) is 48.2 Å². The molecule has 1 fully saturated rings. The Bertz CT molecular complexity index is 457. The number of rotatable bonds is 4. The van der Waals surface area contributed by atoms with Crippen molar-refractivity contribution in [3.8, 4) is 0 Å². The summed E-state index contributed by atoms with van der Waals surface area (Å²) in [6.07, 6.45) is 0.986. The molecular weight excluding hydrogens is 244 g/mol. The number of ketones is 1. The Balaban J connectivity index is 1.80. The summed E-state index contributed by atoms with van der Waals surface area (Å²) >= 11 is 0. The van der Waals surface area contributed by atoms with E-state index in [0.717, 1.165) is 11.5 Å². The average molecular weight is 264 g/mol. The quantitative estimate of drug-likeness (QED) is 0.820. The van der Waals surface area contributed by atoms with Crippen LogP contribution >= 0.6 is 0 Å². The third kappa shape index (κ3) is 3.92. The zero-order valence-electron chi connectivity index (χ0n) is 11.5. The topological polar surface area (TPSA) is 53.8 Å². The summed E-state index contributed by atoms with van der Waals surface area (Å²) in [4.78, 5) is 26.9. The van der Waals surface area contributed by atoms with Crippen molar-refractivity contribution < 1.29 is 14.0 Å². The summed E-state index contributed by atoms with van der Waals surface area (Å²) in [5.74, 6) is 2.08. The SMILES string of the molecule is Cc1ccc(CN(C)CC(=O)N2CCC(=O)CC2)o1. The summed E-state index contributed by atoms with van der Waals surface area (Å²) < 4.78 is 5.48. The molecule has 0 atom stereocenters. The van der Waals surface area contributed by atoms with Gasteiger partial charge in [0.2, 0.25) is 5.91 Å². The van der Waals surface area contributed by atoms with Crippen molar-refractivity contribution in [1.82, 2.24) is 9.80 Å². The molecule has 0 spiro atoms. The van der Waals surface area contributed by atoms with Crippen LogP contribution in [0.3, 0.4) is 0 Å². The number of furan rings is 1. The third-order valence-electron chi connectivity index (χ3n) is 3.30. The van der Waals surface area contributed by atoms with Crippen molar-refractivity contribution >= 4 is 11.7 Å². The maximum atomic E-state index is 12.1. The van der Waals surface area contributed by atoms with Crippen LogP contribution in [0.5, 0.6) is 0 Å². The molecule has 5 nitrogen and oxygen atoms in total. The van der Waals surface area contributed by atoms with Crippen LogP contribution in [0, 0.1) is 6.92 Å². The van der Waals surface area contributed by atoms with Gasteiger partial charge in [-0.05, 0) is 26.1 Å². The molecule has 0 radical (unpaired) electrons. The van der Waals surface area contributed by atoms with Crippen LogP contribution in [0.25, 0.3) is 0 Å². The summed E-state index contributed by atoms with van der Waals surface area (Å²) in [7, 11) is 1.89. The number of likely N-dealkylation sites (N-methyl/N-ethyl adjacent to an activating group) is 1. The van der Waals surface area contributed by atoms with E-state index in [4.69, 9.17) is 4.42 Å². The summed E-state index contributed by atoms with van der Waals surface area (Å²) in [6, 6.07) is 3.84. The van der Waals surface area contributed by atoms with Gasteiger partial charge in [-0.25, -0.2) is 0 Å². The van der Waals surface area contributed by atoms with E-state index >= 15 is 0 Å². The average Bonchev–Trinajstić information content (AvgIpc) is 2.75. The third-order valence-corrected chi connectivity index (χ3v) is 3.30. The van der Waals surface area contributed by atoms with Crippen LogP contribution in [0.15, 0.2) is 16.5 Å². The van der Waals surface area contributed by atoms with Crippen molar-refractivity contribution in [3.05, 3.63) is 23.7 Å². The number of nitrogens with zero attached hydrogens (tertiary/aromatic N) is 2. The molecule has 1 aliphatic rings. The van der Waals surface area contributed by atoms with E-state index in [2.05, 4.69) is 0 Å². The highest BCUT2D eigenvalue weighted by molar-refractivity contribution is 5.84. The number of piperidine rings is 1. The van der Waals surface area contributed by atoms with Crippen molar-refractivity contribution in [2.45, 2.75) is 26.3 Å². The molecular formula is C14H20N2O3. The van der Waals surface area contributed by atoms with Gasteiger partial charge >= 0.3 is 0 Å². The van der Waals surface area contributed by atoms with Gasteiger partial charge in [0.1, 0.15) is 17.3 Å². The smallest absolute Gasteiger partial charge is 0.236 e. The van der Waals surface area contributed by atoms with Crippen molar-refractivity contribution in [1.29, 1.82) is 0 Å². The number of Topliss-reactive ketones (excluding diaryl/α,β-unsaturated/α-hetero) is 1. The molecule has 19 heavy (non-hydrogen) atoms. The van der Waals surface area contributed by atoms with E-state index in [0.29, 0.717) is 39.0 Å². The van der Waals surface area contributed by atoms with Gasteiger partial charge in [-0.3, -0.25) is 14.5 Å². The normalized spacial score (nSPS) is 16.2. The molecule has 1 aliphatic heterocycles. The Kier molecular flexibility index (Phi) is 4.37. The molecule has 1 amide bonds. The van der Waals surface area contributed by atoms with Crippen LogP contribution in [0.2, 0.25) is 0 Å². The highest BCUT2D eigenvalue weighted by Gasteiger charge is 2.21. The molecule has 1 saturated heterocycles. The molecule has 0 aliphatic carbocycles. The summed E-state index contributed by atoms with van der Waals surface area (Å²) in [5, 5.41) is 0. The van der Waals surface area contributed by atoms with Crippen LogP contribution in [0.1, 0.15) is 24.4 Å². The van der Waals surface area contributed by atoms with E-state index in [1.54, 1.807) is 4.90 Å². The van der Waals surface area contributed by atoms with Crippen molar-refractivity contribution in [2.24, 2.45) is 0 Å². The lowest BCUT2D eigenvalue weighted by Gasteiger charge is -2.27. The molecule has 2 rings (SSSR count). The van der Waals surface area contributed by atoms with Crippen LogP contribution < -0.4 is 0 Å². The summed E-state index contributed by atoms with van der Waals surface area (Å²) in [5.41, 5.74) is 0. The van der Waals surface area contributed by atoms with Gasteiger partial charge in [-0.1, -0.05) is 0 Å². The molecule has 0 bridgehead atoms. The Morgan fingerprint density at radius 2 is 2.05 bits per heavy atom. The fourth-order valence-corrected chi connectivity index (χ4v) is 2.23. The first kappa shape index (κ1) is 13.8. The van der Waals surface area contributed by atoms with Gasteiger partial charge in [-0.2, -0.15) is 0 Å². The molecule has 0 aromatic carbocycles. The monoisotopic (exact) mass is 264 g/mol. The molecule has 0 unspecified atom stereocenters. The van der Waals surface area contributed by atoms with E-state index in [1.165, 1.54) is 0 Å². The first-order valence-electron chi connectivity index (χ1n) is 6.58. The number of aryl methyl sites for hydroxylation is 1. The molecule has 0 saturated carbocycles. The second-order valence-electron chi connectivity index (χ2n) is 5.10. The highest BCUT2D eigenvalue weighted by atomic mass is 16.3. The fourth-order valence-electron chi connectivity index (χ4n) is 2.23. The molecule has 1 aromatic rings. The second kappa shape index (κ2) is 6.02. The number of carbonyl (C=O) groups excluding carboxylic acids is 2. The molecule has 104 valence electrons. The van der Waals surface area contributed by atoms with Gasteiger partial charge in [0, 0.05) is 25.9 Å². The van der Waals surface area contributed by atoms with Crippen LogP contribution in [0.4, 0.5) is 0 Å². The zero-order chi connectivity index (χ0) is 13.8. The molecule has 1 aromatic heterocycles. The standard InChI is InChI=1S/C14H20N2O3/c1-11-3-4-13(19-11)9-15(2)10-14(18)16-7-5-12(17)6-8-16/h3-4H,5-10H2,1-2H3. The maximum Gasteiger partial charge on any atom is 0.236 e. The minimum atomic E-state index is 0.0817. The minimum absolute atomic E-state index is 0.0817. The van der Waals surface area contributed by atoms with Gasteiger partial charge in [0.05, 0.1) is 13.1 Å². The largest absolute Gasteiger partial charge is 0.465 e. The van der Waals surface area contributed by atoms with Gasteiger partial charge < -0.3 is 9.32 Å². The Morgan fingerprint density at radius 3 is 2.63 bits per heavy atom. The molecule has 0 N–H and O–H groups in total. The predicted octanol–water partition coefficient (Wildman–Crippen LogP) is 1.21. The first-order valence-corrected chi connectivity index (χ1v) is 6.58. The van der Waals surface area contributed by atoms with Crippen molar-refractivity contribution in [2.75, 3.05) is 26.7 Å². The Labute approximate surface area is 113 Å². The lowest BCUT2D eigenvalue weighted by molar-refractivity contribution is -0.135. The first-order chi connectivity index (χ1) is 9.04. The van der Waals surface area contributed by atoms with E-state index < -0.39 is 0 Å². The number of likely N-dealkylation sites (tertiary alicyclic amines) is 1. The fraction of sp³-hybridized carbons (Fsp3) is 0.571. The van der Waals surface area contributed by atoms with Gasteiger partial charge in [0.25, 0.3) is 0 Å². The van der Waals surface area contributed by atoms with Crippen LogP contribution in [-0.2, 0) is 16.1 Å². The zero-order valence-corrected chi connectivity index (χ0v) is 11.5. The number of carbonyl (C=O) groups is 2. The number of hydrogen-bond donors (Lipinski definition) is 0. The van der Waals surface area contributed by atoms with E-state index in [-0.39, 0.29) is 11.7 Å². The highest BCUT2D eigenvalue weighted by Crippen LogP contribution is 2.10. The predicted molar refractivity (Wildman–Crippen MR) is 70.6 cm³/mol. The number of amides is 1. The lowest BCUT2D eigenvalue weighted by atomic mass is 10.1.